The van der Waals surface area contributed by atoms with Gasteiger partial charge in [0.2, 0.25) is 0 Å². The van der Waals surface area contributed by atoms with E-state index in [1.54, 1.807) is 4.90 Å². The van der Waals surface area contributed by atoms with Crippen molar-refractivity contribution in [3.05, 3.63) is 58.9 Å². The average Bonchev–Trinajstić information content (AvgIpc) is 3.17. The van der Waals surface area contributed by atoms with E-state index in [-0.39, 0.29) is 18.4 Å². The van der Waals surface area contributed by atoms with Gasteiger partial charge in [0.15, 0.2) is 0 Å². The fourth-order valence-electron chi connectivity index (χ4n) is 3.93. The Morgan fingerprint density at radius 3 is 2.40 bits per heavy atom. The van der Waals surface area contributed by atoms with Crippen LogP contribution in [0.4, 0.5) is 0 Å². The van der Waals surface area contributed by atoms with Crippen LogP contribution >= 0.6 is 0 Å². The smallest absolute Gasteiger partial charge is 0.308 e. The second-order valence-corrected chi connectivity index (χ2v) is 6.70. The number of carboxylic acid groups (broad SMARTS) is 1. The normalized spacial score (nSPS) is 20.0. The van der Waals surface area contributed by atoms with Gasteiger partial charge in [-0.25, -0.2) is 0 Å². The molecule has 0 unspecified atom stereocenters. The fourth-order valence-corrected chi connectivity index (χ4v) is 3.93. The number of benzene rings is 1. The van der Waals surface area contributed by atoms with Gasteiger partial charge in [-0.05, 0) is 32.4 Å². The van der Waals surface area contributed by atoms with Gasteiger partial charge < -0.3 is 14.6 Å². The Kier molecular flexibility index (Phi) is 4.66. The van der Waals surface area contributed by atoms with Crippen LogP contribution in [0.15, 0.2) is 36.4 Å². The third-order valence-corrected chi connectivity index (χ3v) is 5.27. The molecule has 1 amide bonds. The zero-order valence-electron chi connectivity index (χ0n) is 14.9. The van der Waals surface area contributed by atoms with Gasteiger partial charge in [-0.15, -0.1) is 0 Å². The van der Waals surface area contributed by atoms with E-state index < -0.39 is 11.9 Å². The van der Waals surface area contributed by atoms with Crippen LogP contribution in [0.5, 0.6) is 0 Å². The first-order chi connectivity index (χ1) is 11.9. The molecule has 0 saturated carbocycles. The minimum Gasteiger partial charge on any atom is -0.481 e. The van der Waals surface area contributed by atoms with Crippen molar-refractivity contribution in [3.8, 4) is 0 Å². The van der Waals surface area contributed by atoms with Crippen LogP contribution in [-0.4, -0.2) is 39.5 Å². The Balaban J connectivity index is 1.89. The molecule has 2 heterocycles. The lowest BCUT2D eigenvalue weighted by molar-refractivity contribution is -0.141. The van der Waals surface area contributed by atoms with Crippen LogP contribution in [0.1, 0.15) is 40.2 Å². The van der Waals surface area contributed by atoms with Crippen molar-refractivity contribution in [2.24, 2.45) is 5.92 Å². The first-order valence-corrected chi connectivity index (χ1v) is 8.67. The summed E-state index contributed by atoms with van der Waals surface area (Å²) in [5.41, 5.74) is 3.65. The van der Waals surface area contributed by atoms with Gasteiger partial charge in [-0.3, -0.25) is 9.59 Å². The third-order valence-electron chi connectivity index (χ3n) is 5.27. The monoisotopic (exact) mass is 340 g/mol. The predicted octanol–water partition coefficient (Wildman–Crippen LogP) is 3.07. The standard InChI is InChI=1S/C20H24N2O3/c1-4-22-13(2)10-16(14(22)3)19(23)21-11-17(18(12-21)20(24)25)15-8-6-5-7-9-15/h5-10,17-18H,4,11-12H2,1-3H3,(H,24,25)/t17-,18-/m0/s1. The fraction of sp³-hybridized carbons (Fsp3) is 0.400. The number of likely N-dealkylation sites (tertiary alicyclic amines) is 1. The van der Waals surface area contributed by atoms with E-state index in [1.165, 1.54) is 0 Å². The molecule has 132 valence electrons. The predicted molar refractivity (Wildman–Crippen MR) is 95.8 cm³/mol. The Labute approximate surface area is 147 Å². The zero-order valence-corrected chi connectivity index (χ0v) is 14.9. The number of carboxylic acids is 1. The van der Waals surface area contributed by atoms with E-state index in [9.17, 15) is 14.7 Å². The van der Waals surface area contributed by atoms with Gasteiger partial charge in [0.25, 0.3) is 5.91 Å². The molecule has 25 heavy (non-hydrogen) atoms. The summed E-state index contributed by atoms with van der Waals surface area (Å²) in [6, 6.07) is 11.5. The highest BCUT2D eigenvalue weighted by Crippen LogP contribution is 2.34. The molecule has 1 aromatic carbocycles. The van der Waals surface area contributed by atoms with E-state index >= 15 is 0 Å². The maximum absolute atomic E-state index is 13.0. The minimum atomic E-state index is -0.844. The average molecular weight is 340 g/mol. The Morgan fingerprint density at radius 2 is 1.84 bits per heavy atom. The first-order valence-electron chi connectivity index (χ1n) is 8.67. The number of hydrogen-bond acceptors (Lipinski definition) is 2. The summed E-state index contributed by atoms with van der Waals surface area (Å²) in [7, 11) is 0. The van der Waals surface area contributed by atoms with Crippen molar-refractivity contribution in [3.63, 3.8) is 0 Å². The van der Waals surface area contributed by atoms with Crippen molar-refractivity contribution in [2.75, 3.05) is 13.1 Å². The van der Waals surface area contributed by atoms with Crippen molar-refractivity contribution < 1.29 is 14.7 Å². The number of carbonyl (C=O) groups is 2. The van der Waals surface area contributed by atoms with Crippen molar-refractivity contribution in [2.45, 2.75) is 33.2 Å². The van der Waals surface area contributed by atoms with Crippen molar-refractivity contribution in [1.82, 2.24) is 9.47 Å². The summed E-state index contributed by atoms with van der Waals surface area (Å²) < 4.78 is 2.10. The molecule has 5 nitrogen and oxygen atoms in total. The SMILES string of the molecule is CCn1c(C)cc(C(=O)N2C[C@H](C(=O)O)[C@H](c3ccccc3)C2)c1C. The molecule has 1 aliphatic rings. The molecule has 2 aromatic rings. The largest absolute Gasteiger partial charge is 0.481 e. The molecule has 0 aliphatic carbocycles. The number of aliphatic carboxylic acids is 1. The summed E-state index contributed by atoms with van der Waals surface area (Å²) in [6.07, 6.45) is 0. The molecule has 1 saturated heterocycles. The number of amides is 1. The summed E-state index contributed by atoms with van der Waals surface area (Å²) in [6.45, 7) is 7.50. The van der Waals surface area contributed by atoms with Gasteiger partial charge >= 0.3 is 5.97 Å². The second kappa shape index (κ2) is 6.75. The first kappa shape index (κ1) is 17.3. The van der Waals surface area contributed by atoms with E-state index in [1.807, 2.05) is 50.2 Å². The van der Waals surface area contributed by atoms with Crippen LogP contribution in [0.25, 0.3) is 0 Å². The number of aromatic nitrogens is 1. The summed E-state index contributed by atoms with van der Waals surface area (Å²) >= 11 is 0. The third kappa shape index (κ3) is 3.06. The second-order valence-electron chi connectivity index (χ2n) is 6.70. The Bertz CT molecular complexity index is 795. The molecule has 0 spiro atoms. The lowest BCUT2D eigenvalue weighted by Crippen LogP contribution is -2.30. The van der Waals surface area contributed by atoms with Gasteiger partial charge in [0, 0.05) is 36.9 Å². The lowest BCUT2D eigenvalue weighted by atomic mass is 9.89. The van der Waals surface area contributed by atoms with E-state index in [2.05, 4.69) is 11.5 Å². The highest BCUT2D eigenvalue weighted by molar-refractivity contribution is 5.96. The maximum atomic E-state index is 13.0. The summed E-state index contributed by atoms with van der Waals surface area (Å²) in [5.74, 6) is -1.65. The quantitative estimate of drug-likeness (QED) is 0.930. The van der Waals surface area contributed by atoms with E-state index in [0.29, 0.717) is 12.1 Å². The Hall–Kier alpha value is -2.56. The molecule has 0 radical (unpaired) electrons. The molecule has 2 atom stereocenters. The van der Waals surface area contributed by atoms with Crippen molar-refractivity contribution >= 4 is 11.9 Å². The molecule has 1 fully saturated rings. The maximum Gasteiger partial charge on any atom is 0.308 e. The van der Waals surface area contributed by atoms with Crippen LogP contribution < -0.4 is 0 Å². The highest BCUT2D eigenvalue weighted by Gasteiger charge is 2.41. The van der Waals surface area contributed by atoms with Crippen molar-refractivity contribution in [1.29, 1.82) is 0 Å². The minimum absolute atomic E-state index is 0.0718. The lowest BCUT2D eigenvalue weighted by Gasteiger charge is -2.17. The van der Waals surface area contributed by atoms with Crippen LogP contribution in [0.2, 0.25) is 0 Å². The molecular formula is C20H24N2O3. The van der Waals surface area contributed by atoms with Crippen LogP contribution in [0, 0.1) is 19.8 Å². The summed E-state index contributed by atoms with van der Waals surface area (Å²) in [4.78, 5) is 26.4. The molecule has 1 N–H and O–H groups in total. The van der Waals surface area contributed by atoms with Gasteiger partial charge in [-0.1, -0.05) is 30.3 Å². The number of nitrogens with zero attached hydrogens (tertiary/aromatic N) is 2. The van der Waals surface area contributed by atoms with Crippen LogP contribution in [-0.2, 0) is 11.3 Å². The molecule has 3 rings (SSSR count). The number of aryl methyl sites for hydroxylation is 1. The molecule has 5 heteroatoms. The molecular weight excluding hydrogens is 316 g/mol. The highest BCUT2D eigenvalue weighted by atomic mass is 16.4. The zero-order chi connectivity index (χ0) is 18.1. The van der Waals surface area contributed by atoms with Gasteiger partial charge in [0.05, 0.1) is 11.5 Å². The number of hydrogen-bond donors (Lipinski definition) is 1. The topological polar surface area (TPSA) is 62.5 Å². The summed E-state index contributed by atoms with van der Waals surface area (Å²) in [5, 5.41) is 9.61. The van der Waals surface area contributed by atoms with Gasteiger partial charge in [0.1, 0.15) is 0 Å². The Morgan fingerprint density at radius 1 is 1.16 bits per heavy atom. The number of rotatable bonds is 4. The molecule has 1 aromatic heterocycles. The molecule has 1 aliphatic heterocycles. The van der Waals surface area contributed by atoms with E-state index in [4.69, 9.17) is 0 Å². The van der Waals surface area contributed by atoms with Gasteiger partial charge in [-0.2, -0.15) is 0 Å². The van der Waals surface area contributed by atoms with E-state index in [0.717, 1.165) is 23.5 Å². The molecule has 0 bridgehead atoms. The van der Waals surface area contributed by atoms with Crippen LogP contribution in [0.3, 0.4) is 0 Å². The number of carbonyl (C=O) groups excluding carboxylic acids is 1.